The topological polar surface area (TPSA) is 203 Å². The number of nitrogens with zero attached hydrogens (tertiary/aromatic N) is 3. The van der Waals surface area contributed by atoms with Crippen molar-refractivity contribution in [2.75, 3.05) is 26.2 Å². The van der Waals surface area contributed by atoms with Gasteiger partial charge in [0.1, 0.15) is 24.7 Å². The Morgan fingerprint density at radius 1 is 1.11 bits per heavy atom. The number of β-lactam (4-membered cyclic amide) rings is 1. The predicted octanol–water partition coefficient (Wildman–Crippen LogP) is -5.15. The summed E-state index contributed by atoms with van der Waals surface area (Å²) in [6.07, 6.45) is 0. The van der Waals surface area contributed by atoms with Crippen molar-refractivity contribution >= 4 is 45.9 Å². The Hall–Kier alpha value is -3.05. The normalized spacial score (nSPS) is 20.2. The molecule has 15 nitrogen and oxygen atoms in total. The molecule has 2 saturated heterocycles. The number of esters is 1. The van der Waals surface area contributed by atoms with E-state index in [9.17, 15) is 41.7 Å². The van der Waals surface area contributed by atoms with Crippen LogP contribution in [0.2, 0.25) is 0 Å². The van der Waals surface area contributed by atoms with Gasteiger partial charge < -0.3 is 24.8 Å². The molecule has 0 spiro atoms. The third kappa shape index (κ3) is 6.68. The Labute approximate surface area is 240 Å². The van der Waals surface area contributed by atoms with Gasteiger partial charge >= 0.3 is 53.4 Å². The molecule has 200 valence electrons. The molecular weight excluding hydrogens is 537 g/mol. The van der Waals surface area contributed by atoms with E-state index in [0.717, 1.165) is 6.92 Å². The van der Waals surface area contributed by atoms with Crippen LogP contribution in [-0.2, 0) is 39.0 Å². The zero-order valence-electron chi connectivity index (χ0n) is 20.8. The Bertz CT molecular complexity index is 1230. The van der Waals surface area contributed by atoms with Gasteiger partial charge in [0.15, 0.2) is 10.3 Å². The van der Waals surface area contributed by atoms with E-state index < -0.39 is 70.7 Å². The van der Waals surface area contributed by atoms with Gasteiger partial charge in [-0.25, -0.2) is 17.5 Å². The van der Waals surface area contributed by atoms with Gasteiger partial charge in [-0.05, 0) is 12.5 Å². The number of nitrogens with one attached hydrogen (secondary N) is 2. The van der Waals surface area contributed by atoms with E-state index >= 15 is 0 Å². The summed E-state index contributed by atoms with van der Waals surface area (Å²) in [6.45, 7) is 2.27. The van der Waals surface area contributed by atoms with E-state index in [4.69, 9.17) is 4.74 Å². The van der Waals surface area contributed by atoms with Crippen LogP contribution in [-0.4, -0.2) is 101 Å². The number of benzene rings is 1. The summed E-state index contributed by atoms with van der Waals surface area (Å²) < 4.78 is 39.1. The molecule has 17 heteroatoms. The molecule has 6 amide bonds. The van der Waals surface area contributed by atoms with Crippen molar-refractivity contribution < 1.29 is 76.0 Å². The number of piperazine rings is 1. The summed E-state index contributed by atoms with van der Waals surface area (Å²) in [5.74, 6) is -5.01. The summed E-state index contributed by atoms with van der Waals surface area (Å²) in [7, 11) is -5.26. The molecule has 2 aliphatic heterocycles. The first kappa shape index (κ1) is 31.2. The number of imide groups is 1. The monoisotopic (exact) mass is 561 g/mol. The molecule has 38 heavy (non-hydrogen) atoms. The van der Waals surface area contributed by atoms with Crippen molar-refractivity contribution in [1.82, 2.24) is 24.7 Å². The molecule has 3 rings (SSSR count). The zero-order valence-corrected chi connectivity index (χ0v) is 23.6. The molecule has 0 bridgehead atoms. The summed E-state index contributed by atoms with van der Waals surface area (Å²) >= 11 is 0. The standard InChI is InChI=1S/C21H25N5O10S.Na/c1-3-24-9-10-25(20(31)19(24)30)21(32)23-15(13-7-5-4-6-8-13)17(28)22-16-14(11-36-12(2)27)26(18(16)29)37(33,34)35;/h4-8,14-16H,3,9-11H2,1-2H3,(H,22,28)(H,23,32)(H,33,34,35);/q;+1/p-1/t14-,15?,16+;/m0./s1. The van der Waals surface area contributed by atoms with Crippen molar-refractivity contribution in [2.45, 2.75) is 32.0 Å². The predicted molar refractivity (Wildman–Crippen MR) is 121 cm³/mol. The molecule has 0 aliphatic carbocycles. The number of hydrogen-bond acceptors (Lipinski definition) is 10. The minimum Gasteiger partial charge on any atom is -0.731 e. The number of ether oxygens (including phenoxy) is 1. The quantitative estimate of drug-likeness (QED) is 0.102. The van der Waals surface area contributed by atoms with E-state index in [0.29, 0.717) is 4.90 Å². The van der Waals surface area contributed by atoms with Gasteiger partial charge in [-0.1, -0.05) is 30.3 Å². The maximum absolute atomic E-state index is 13.2. The molecule has 2 N–H and O–H groups in total. The van der Waals surface area contributed by atoms with E-state index in [1.807, 2.05) is 0 Å². The minimum absolute atomic E-state index is 0. The summed E-state index contributed by atoms with van der Waals surface area (Å²) in [5, 5.41) is 4.62. The first-order valence-electron chi connectivity index (χ1n) is 11.1. The van der Waals surface area contributed by atoms with Crippen molar-refractivity contribution in [1.29, 1.82) is 0 Å². The number of carbonyl (C=O) groups is 6. The van der Waals surface area contributed by atoms with E-state index in [-0.39, 0.29) is 59.1 Å². The summed E-state index contributed by atoms with van der Waals surface area (Å²) in [4.78, 5) is 76.1. The van der Waals surface area contributed by atoms with Crippen LogP contribution in [0.5, 0.6) is 0 Å². The minimum atomic E-state index is -5.26. The van der Waals surface area contributed by atoms with E-state index in [2.05, 4.69) is 10.6 Å². The number of likely N-dealkylation sites (N-methyl/N-ethyl adjacent to an activating group) is 1. The fourth-order valence-corrected chi connectivity index (χ4v) is 4.72. The molecule has 1 aromatic rings. The number of amides is 6. The van der Waals surface area contributed by atoms with Crippen LogP contribution in [0.4, 0.5) is 4.79 Å². The molecule has 1 unspecified atom stereocenters. The molecular formula is C21H24N5NaO10S. The fraction of sp³-hybridized carbons (Fsp3) is 0.429. The van der Waals surface area contributed by atoms with Gasteiger partial charge in [-0.3, -0.25) is 28.9 Å². The van der Waals surface area contributed by atoms with Crippen molar-refractivity contribution in [3.8, 4) is 0 Å². The summed E-state index contributed by atoms with van der Waals surface area (Å²) in [5.41, 5.74) is 0.232. The van der Waals surface area contributed by atoms with Crippen molar-refractivity contribution in [3.05, 3.63) is 35.9 Å². The maximum atomic E-state index is 13.2. The summed E-state index contributed by atoms with van der Waals surface area (Å²) in [6, 6.07) is 2.10. The van der Waals surface area contributed by atoms with Gasteiger partial charge in [0, 0.05) is 26.6 Å². The van der Waals surface area contributed by atoms with Crippen molar-refractivity contribution in [2.24, 2.45) is 0 Å². The SMILES string of the molecule is CCN1CCN(C(=O)NC(C(=O)N[C@H]2C(=O)N(S(=O)(=O)[O-])[C@H]2COC(C)=O)c2ccccc2)C(=O)C1=O.[Na+]. The largest absolute Gasteiger partial charge is 1.00 e. The van der Waals surface area contributed by atoms with Gasteiger partial charge in [-0.15, -0.1) is 0 Å². The Kier molecular flexibility index (Phi) is 10.4. The van der Waals surface area contributed by atoms with Gasteiger partial charge in [0.2, 0.25) is 5.91 Å². The number of urea groups is 1. The second-order valence-corrected chi connectivity index (χ2v) is 9.33. The Morgan fingerprint density at radius 2 is 1.74 bits per heavy atom. The molecule has 0 aromatic heterocycles. The number of carbonyl (C=O) groups excluding carboxylic acids is 6. The van der Waals surface area contributed by atoms with Gasteiger partial charge in [0.05, 0.1) is 0 Å². The molecule has 2 heterocycles. The van der Waals surface area contributed by atoms with Crippen LogP contribution in [0.1, 0.15) is 25.5 Å². The second kappa shape index (κ2) is 12.7. The number of rotatable bonds is 8. The average Bonchev–Trinajstić information content (AvgIpc) is 2.84. The van der Waals surface area contributed by atoms with Crippen LogP contribution in [0, 0.1) is 0 Å². The second-order valence-electron chi connectivity index (χ2n) is 8.08. The molecule has 2 aliphatic rings. The fourth-order valence-electron chi connectivity index (χ4n) is 3.87. The van der Waals surface area contributed by atoms with Crippen LogP contribution in [0.25, 0.3) is 0 Å². The van der Waals surface area contributed by atoms with Crippen molar-refractivity contribution in [3.63, 3.8) is 0 Å². The van der Waals surface area contributed by atoms with Crippen LogP contribution in [0.3, 0.4) is 0 Å². The third-order valence-electron chi connectivity index (χ3n) is 5.76. The van der Waals surface area contributed by atoms with E-state index in [1.165, 1.54) is 17.0 Å². The smallest absolute Gasteiger partial charge is 0.731 e. The van der Waals surface area contributed by atoms with Crippen LogP contribution in [0.15, 0.2) is 30.3 Å². The first-order valence-corrected chi connectivity index (χ1v) is 12.4. The Balaban J connectivity index is 0.00000507. The van der Waals surface area contributed by atoms with E-state index in [1.54, 1.807) is 25.1 Å². The zero-order chi connectivity index (χ0) is 27.5. The molecule has 3 atom stereocenters. The average molecular weight is 562 g/mol. The number of hydrogen-bond donors (Lipinski definition) is 2. The molecule has 0 saturated carbocycles. The van der Waals surface area contributed by atoms with Gasteiger partial charge in [-0.2, -0.15) is 0 Å². The molecule has 0 radical (unpaired) electrons. The first-order chi connectivity index (χ1) is 17.4. The molecule has 1 aromatic carbocycles. The third-order valence-corrected chi connectivity index (χ3v) is 6.70. The maximum Gasteiger partial charge on any atom is 1.00 e. The van der Waals surface area contributed by atoms with Crippen LogP contribution < -0.4 is 40.2 Å². The van der Waals surface area contributed by atoms with Crippen LogP contribution >= 0.6 is 0 Å². The van der Waals surface area contributed by atoms with Gasteiger partial charge in [0.25, 0.3) is 5.91 Å². The molecule has 2 fully saturated rings. The Morgan fingerprint density at radius 3 is 2.29 bits per heavy atom.